The van der Waals surface area contributed by atoms with Gasteiger partial charge in [-0.2, -0.15) is 0 Å². The maximum Gasteiger partial charge on any atom is 0.242 e. The number of hydrogen-bond donors (Lipinski definition) is 1. The van der Waals surface area contributed by atoms with Crippen molar-refractivity contribution in [2.24, 2.45) is 5.92 Å². The van der Waals surface area contributed by atoms with Gasteiger partial charge in [0.05, 0.1) is 5.75 Å². The van der Waals surface area contributed by atoms with E-state index in [2.05, 4.69) is 21.2 Å². The van der Waals surface area contributed by atoms with Gasteiger partial charge in [-0.05, 0) is 42.7 Å². The maximum atomic E-state index is 13.1. The smallest absolute Gasteiger partial charge is 0.242 e. The van der Waals surface area contributed by atoms with Crippen LogP contribution in [-0.4, -0.2) is 35.1 Å². The highest BCUT2D eigenvalue weighted by molar-refractivity contribution is 9.10. The van der Waals surface area contributed by atoms with Crippen molar-refractivity contribution >= 4 is 62.7 Å². The lowest BCUT2D eigenvalue weighted by Crippen LogP contribution is -2.48. The summed E-state index contributed by atoms with van der Waals surface area (Å²) in [5.41, 5.74) is 1.77. The first-order valence-electron chi connectivity index (χ1n) is 10.0. The zero-order valence-corrected chi connectivity index (χ0v) is 21.7. The van der Waals surface area contributed by atoms with Crippen LogP contribution in [0, 0.1) is 5.92 Å². The Kier molecular flexibility index (Phi) is 10.7. The Balaban J connectivity index is 2.12. The van der Waals surface area contributed by atoms with Gasteiger partial charge in [0.2, 0.25) is 11.8 Å². The van der Waals surface area contributed by atoms with E-state index in [1.165, 1.54) is 11.8 Å². The third-order valence-electron chi connectivity index (χ3n) is 4.65. The SMILES string of the molecule is CC(C)CNC(=O)C(C)N(Cc1c(Cl)cccc1Cl)C(=O)CSCc1ccc(Br)cc1. The summed E-state index contributed by atoms with van der Waals surface area (Å²) < 4.78 is 1.02. The highest BCUT2D eigenvalue weighted by Crippen LogP contribution is 2.27. The molecule has 1 N–H and O–H groups in total. The molecule has 0 spiro atoms. The monoisotopic (exact) mass is 544 g/mol. The van der Waals surface area contributed by atoms with Crippen molar-refractivity contribution < 1.29 is 9.59 Å². The number of halogens is 3. The lowest BCUT2D eigenvalue weighted by atomic mass is 10.1. The number of hydrogen-bond acceptors (Lipinski definition) is 3. The fraction of sp³-hybridized carbons (Fsp3) is 0.391. The largest absolute Gasteiger partial charge is 0.354 e. The molecule has 1 atom stereocenters. The van der Waals surface area contributed by atoms with Gasteiger partial charge in [0.25, 0.3) is 0 Å². The highest BCUT2D eigenvalue weighted by Gasteiger charge is 2.27. The third-order valence-corrected chi connectivity index (χ3v) is 6.87. The molecule has 0 aliphatic carbocycles. The van der Waals surface area contributed by atoms with Crippen LogP contribution < -0.4 is 5.32 Å². The molecular formula is C23H27BrCl2N2O2S. The topological polar surface area (TPSA) is 49.4 Å². The molecule has 2 aromatic carbocycles. The summed E-state index contributed by atoms with van der Waals surface area (Å²) in [6.07, 6.45) is 0. The summed E-state index contributed by atoms with van der Waals surface area (Å²) >= 11 is 17.6. The maximum absolute atomic E-state index is 13.1. The Morgan fingerprint density at radius 1 is 1.06 bits per heavy atom. The van der Waals surface area contributed by atoms with E-state index in [0.29, 0.717) is 33.8 Å². The molecular weight excluding hydrogens is 519 g/mol. The second kappa shape index (κ2) is 12.7. The van der Waals surface area contributed by atoms with Crippen LogP contribution in [0.3, 0.4) is 0 Å². The van der Waals surface area contributed by atoms with E-state index in [0.717, 1.165) is 10.0 Å². The summed E-state index contributed by atoms with van der Waals surface area (Å²) in [7, 11) is 0. The molecule has 1 unspecified atom stereocenters. The number of thioether (sulfide) groups is 1. The van der Waals surface area contributed by atoms with Crippen LogP contribution in [0.5, 0.6) is 0 Å². The molecule has 31 heavy (non-hydrogen) atoms. The standard InChI is InChI=1S/C23H27BrCl2N2O2S/c1-15(2)11-27-23(30)16(3)28(12-19-20(25)5-4-6-21(19)26)22(29)14-31-13-17-7-9-18(24)10-8-17/h4-10,15-16H,11-14H2,1-3H3,(H,27,30). The number of amides is 2. The van der Waals surface area contributed by atoms with Gasteiger partial charge in [-0.3, -0.25) is 9.59 Å². The van der Waals surface area contributed by atoms with Crippen molar-refractivity contribution in [3.8, 4) is 0 Å². The van der Waals surface area contributed by atoms with Crippen LogP contribution >= 0.6 is 50.9 Å². The number of carbonyl (C=O) groups excluding carboxylic acids is 2. The van der Waals surface area contributed by atoms with E-state index in [1.54, 1.807) is 30.0 Å². The normalized spacial score (nSPS) is 12.0. The Labute approximate surface area is 207 Å². The number of benzene rings is 2. The van der Waals surface area contributed by atoms with Crippen molar-refractivity contribution in [3.63, 3.8) is 0 Å². The first kappa shape index (κ1) is 26.0. The second-order valence-electron chi connectivity index (χ2n) is 7.66. The van der Waals surface area contributed by atoms with Crippen LogP contribution in [0.1, 0.15) is 31.9 Å². The molecule has 0 radical (unpaired) electrons. The highest BCUT2D eigenvalue weighted by atomic mass is 79.9. The van der Waals surface area contributed by atoms with E-state index in [1.807, 2.05) is 38.1 Å². The Hall–Kier alpha value is -1.21. The van der Waals surface area contributed by atoms with E-state index < -0.39 is 6.04 Å². The summed E-state index contributed by atoms with van der Waals surface area (Å²) in [5, 5.41) is 3.86. The Morgan fingerprint density at radius 2 is 1.68 bits per heavy atom. The molecule has 0 heterocycles. The predicted molar refractivity (Wildman–Crippen MR) is 135 cm³/mol. The second-order valence-corrected chi connectivity index (χ2v) is 10.4. The quantitative estimate of drug-likeness (QED) is 0.388. The van der Waals surface area contributed by atoms with Gasteiger partial charge in [0, 0.05) is 38.9 Å². The van der Waals surface area contributed by atoms with E-state index in [4.69, 9.17) is 23.2 Å². The average Bonchev–Trinajstić information content (AvgIpc) is 2.72. The minimum absolute atomic E-state index is 0.134. The van der Waals surface area contributed by atoms with Crippen LogP contribution in [0.4, 0.5) is 0 Å². The van der Waals surface area contributed by atoms with Crippen LogP contribution in [0.2, 0.25) is 10.0 Å². The fourth-order valence-corrected chi connectivity index (χ4v) is 4.46. The van der Waals surface area contributed by atoms with Gasteiger partial charge in [-0.1, -0.05) is 71.2 Å². The van der Waals surface area contributed by atoms with Crippen LogP contribution in [-0.2, 0) is 21.9 Å². The molecule has 0 saturated carbocycles. The summed E-state index contributed by atoms with van der Waals surface area (Å²) in [5.74, 6) is 0.946. The number of carbonyl (C=O) groups is 2. The number of nitrogens with one attached hydrogen (secondary N) is 1. The Morgan fingerprint density at radius 3 is 2.26 bits per heavy atom. The summed E-state index contributed by atoms with van der Waals surface area (Å²) in [4.78, 5) is 27.4. The molecule has 0 aromatic heterocycles. The summed E-state index contributed by atoms with van der Waals surface area (Å²) in [6.45, 7) is 6.51. The van der Waals surface area contributed by atoms with Gasteiger partial charge in [0.15, 0.2) is 0 Å². The predicted octanol–water partition coefficient (Wildman–Crippen LogP) is 6.18. The number of rotatable bonds is 10. The van der Waals surface area contributed by atoms with E-state index in [-0.39, 0.29) is 24.1 Å². The third kappa shape index (κ3) is 8.33. The lowest BCUT2D eigenvalue weighted by Gasteiger charge is -2.29. The molecule has 0 aliphatic rings. The molecule has 0 saturated heterocycles. The van der Waals surface area contributed by atoms with Crippen LogP contribution in [0.15, 0.2) is 46.9 Å². The van der Waals surface area contributed by atoms with Crippen molar-refractivity contribution in [1.29, 1.82) is 0 Å². The van der Waals surface area contributed by atoms with Gasteiger partial charge in [-0.15, -0.1) is 11.8 Å². The fourth-order valence-electron chi connectivity index (χ4n) is 2.81. The molecule has 0 aliphatic heterocycles. The van der Waals surface area contributed by atoms with Gasteiger partial charge in [-0.25, -0.2) is 0 Å². The molecule has 8 heteroatoms. The molecule has 2 rings (SSSR count). The lowest BCUT2D eigenvalue weighted by molar-refractivity contribution is -0.138. The first-order valence-corrected chi connectivity index (χ1v) is 12.7. The van der Waals surface area contributed by atoms with Crippen molar-refractivity contribution in [2.75, 3.05) is 12.3 Å². The average molecular weight is 546 g/mol. The zero-order chi connectivity index (χ0) is 23.0. The Bertz CT molecular complexity index is 873. The van der Waals surface area contributed by atoms with Crippen LogP contribution in [0.25, 0.3) is 0 Å². The van der Waals surface area contributed by atoms with Gasteiger partial charge in [0.1, 0.15) is 6.04 Å². The molecule has 168 valence electrons. The molecule has 0 fully saturated rings. The first-order chi connectivity index (χ1) is 14.7. The van der Waals surface area contributed by atoms with Gasteiger partial charge >= 0.3 is 0 Å². The van der Waals surface area contributed by atoms with E-state index in [9.17, 15) is 9.59 Å². The molecule has 4 nitrogen and oxygen atoms in total. The minimum atomic E-state index is -0.646. The molecule has 2 amide bonds. The van der Waals surface area contributed by atoms with Crippen molar-refractivity contribution in [1.82, 2.24) is 10.2 Å². The van der Waals surface area contributed by atoms with Gasteiger partial charge < -0.3 is 10.2 Å². The van der Waals surface area contributed by atoms with Crippen molar-refractivity contribution in [2.45, 2.75) is 39.1 Å². The van der Waals surface area contributed by atoms with E-state index >= 15 is 0 Å². The number of nitrogens with zero attached hydrogens (tertiary/aromatic N) is 1. The van der Waals surface area contributed by atoms with Crippen molar-refractivity contribution in [3.05, 3.63) is 68.1 Å². The molecule has 2 aromatic rings. The summed E-state index contributed by atoms with van der Waals surface area (Å²) in [6, 6.07) is 12.6. The molecule has 0 bridgehead atoms. The zero-order valence-electron chi connectivity index (χ0n) is 17.8. The minimum Gasteiger partial charge on any atom is -0.354 e.